The van der Waals surface area contributed by atoms with Crippen LogP contribution >= 0.6 is 0 Å². The predicted molar refractivity (Wildman–Crippen MR) is 95.0 cm³/mol. The lowest BCUT2D eigenvalue weighted by molar-refractivity contribution is 0.0857. The minimum Gasteiger partial charge on any atom is -0.376 e. The molecule has 1 atom stereocenters. The molecule has 1 fully saturated rings. The van der Waals surface area contributed by atoms with E-state index in [9.17, 15) is 13.2 Å². The zero-order valence-corrected chi connectivity index (χ0v) is 14.5. The molecule has 7 heteroatoms. The molecule has 0 bridgehead atoms. The van der Waals surface area contributed by atoms with Crippen LogP contribution in [0.25, 0.3) is 0 Å². The van der Waals surface area contributed by atoms with Crippen molar-refractivity contribution in [3.8, 4) is 0 Å². The second-order valence-corrected chi connectivity index (χ2v) is 7.52. The quantitative estimate of drug-likeness (QED) is 0.828. The summed E-state index contributed by atoms with van der Waals surface area (Å²) in [7, 11) is -3.68. The van der Waals surface area contributed by atoms with Gasteiger partial charge in [0.05, 0.1) is 11.0 Å². The molecule has 1 amide bonds. The summed E-state index contributed by atoms with van der Waals surface area (Å²) in [5.41, 5.74) is 0.901. The van der Waals surface area contributed by atoms with Gasteiger partial charge < -0.3 is 10.1 Å². The normalized spacial score (nSPS) is 17.2. The van der Waals surface area contributed by atoms with Gasteiger partial charge in [-0.15, -0.1) is 0 Å². The summed E-state index contributed by atoms with van der Waals surface area (Å²) in [5.74, 6) is -0.240. The number of amides is 1. The highest BCUT2D eigenvalue weighted by molar-refractivity contribution is 7.92. The summed E-state index contributed by atoms with van der Waals surface area (Å²) in [6, 6.07) is 14.5. The molecule has 0 spiro atoms. The highest BCUT2D eigenvalue weighted by atomic mass is 32.2. The van der Waals surface area contributed by atoms with Crippen LogP contribution in [0.5, 0.6) is 0 Å². The molecule has 25 heavy (non-hydrogen) atoms. The Morgan fingerprint density at radius 2 is 1.80 bits per heavy atom. The van der Waals surface area contributed by atoms with Gasteiger partial charge >= 0.3 is 0 Å². The van der Waals surface area contributed by atoms with E-state index in [1.54, 1.807) is 24.3 Å². The molecule has 1 saturated heterocycles. The third-order valence-electron chi connectivity index (χ3n) is 3.97. The first kappa shape index (κ1) is 17.4. The lowest BCUT2D eigenvalue weighted by atomic mass is 10.2. The fraction of sp³-hybridized carbons (Fsp3) is 0.278. The average molecular weight is 360 g/mol. The first-order valence-corrected chi connectivity index (χ1v) is 9.61. The zero-order valence-electron chi connectivity index (χ0n) is 13.6. The van der Waals surface area contributed by atoms with Crippen LogP contribution in [0.4, 0.5) is 5.69 Å². The van der Waals surface area contributed by atoms with Crippen molar-refractivity contribution in [2.75, 3.05) is 17.9 Å². The fourth-order valence-electron chi connectivity index (χ4n) is 2.62. The number of ether oxygens (including phenoxy) is 1. The third kappa shape index (κ3) is 4.58. The number of hydrogen-bond donors (Lipinski definition) is 2. The molecule has 0 radical (unpaired) electrons. The van der Waals surface area contributed by atoms with Crippen LogP contribution in [0, 0.1) is 0 Å². The van der Waals surface area contributed by atoms with Crippen LogP contribution < -0.4 is 10.0 Å². The summed E-state index contributed by atoms with van der Waals surface area (Å²) in [6.07, 6.45) is 2.03. The molecule has 2 aromatic rings. The number of carbonyl (C=O) groups is 1. The van der Waals surface area contributed by atoms with E-state index in [1.807, 2.05) is 6.07 Å². The van der Waals surface area contributed by atoms with Crippen LogP contribution in [0.2, 0.25) is 0 Å². The smallest absolute Gasteiger partial charge is 0.261 e. The Hall–Kier alpha value is -2.38. The fourth-order valence-corrected chi connectivity index (χ4v) is 3.68. The van der Waals surface area contributed by atoms with E-state index < -0.39 is 10.0 Å². The molecule has 6 nitrogen and oxygen atoms in total. The molecule has 2 aromatic carbocycles. The lowest BCUT2D eigenvalue weighted by Gasteiger charge is -2.11. The van der Waals surface area contributed by atoms with E-state index in [2.05, 4.69) is 10.0 Å². The van der Waals surface area contributed by atoms with Crippen molar-refractivity contribution in [3.63, 3.8) is 0 Å². The standard InChI is InChI=1S/C18H20N2O4S/c21-18(19-13-16-7-4-12-24-16)14-8-10-17(11-9-14)25(22,23)20-15-5-2-1-3-6-15/h1-3,5-6,8-11,16,20H,4,7,12-13H2,(H,19,21). The van der Waals surface area contributed by atoms with Crippen LogP contribution in [0.1, 0.15) is 23.2 Å². The van der Waals surface area contributed by atoms with E-state index >= 15 is 0 Å². The topological polar surface area (TPSA) is 84.5 Å². The number of para-hydroxylation sites is 1. The number of hydrogen-bond acceptors (Lipinski definition) is 4. The van der Waals surface area contributed by atoms with E-state index in [1.165, 1.54) is 24.3 Å². The van der Waals surface area contributed by atoms with Crippen molar-refractivity contribution < 1.29 is 17.9 Å². The maximum atomic E-state index is 12.4. The highest BCUT2D eigenvalue weighted by Gasteiger charge is 2.18. The van der Waals surface area contributed by atoms with Gasteiger partial charge in [0.2, 0.25) is 0 Å². The molecule has 0 saturated carbocycles. The van der Waals surface area contributed by atoms with Gasteiger partial charge in [0.15, 0.2) is 0 Å². The molecule has 3 rings (SSSR count). The summed E-state index contributed by atoms with van der Waals surface area (Å²) in [4.78, 5) is 12.2. The molecular formula is C18H20N2O4S. The van der Waals surface area contributed by atoms with Crippen LogP contribution in [-0.2, 0) is 14.8 Å². The Labute approximate surface area is 147 Å². The number of benzene rings is 2. The highest BCUT2D eigenvalue weighted by Crippen LogP contribution is 2.16. The van der Waals surface area contributed by atoms with Crippen molar-refractivity contribution >= 4 is 21.6 Å². The van der Waals surface area contributed by atoms with Crippen molar-refractivity contribution in [1.29, 1.82) is 0 Å². The Morgan fingerprint density at radius 1 is 1.08 bits per heavy atom. The number of anilines is 1. The Morgan fingerprint density at radius 3 is 2.44 bits per heavy atom. The van der Waals surface area contributed by atoms with Crippen LogP contribution in [-0.4, -0.2) is 33.6 Å². The van der Waals surface area contributed by atoms with Gasteiger partial charge in [0.25, 0.3) is 15.9 Å². The molecule has 0 aliphatic carbocycles. The maximum absolute atomic E-state index is 12.4. The Kier molecular flexibility index (Phi) is 5.35. The number of carbonyl (C=O) groups excluding carboxylic acids is 1. The Bertz CT molecular complexity index is 814. The van der Waals surface area contributed by atoms with Gasteiger partial charge in [0, 0.05) is 24.4 Å². The van der Waals surface area contributed by atoms with Crippen molar-refractivity contribution in [2.45, 2.75) is 23.8 Å². The minimum atomic E-state index is -3.68. The largest absolute Gasteiger partial charge is 0.376 e. The number of nitrogens with one attached hydrogen (secondary N) is 2. The molecule has 1 unspecified atom stereocenters. The zero-order chi connectivity index (χ0) is 17.7. The van der Waals surface area contributed by atoms with Gasteiger partial charge in [-0.05, 0) is 49.2 Å². The van der Waals surface area contributed by atoms with E-state index in [0.717, 1.165) is 19.4 Å². The van der Waals surface area contributed by atoms with Gasteiger partial charge in [-0.1, -0.05) is 18.2 Å². The molecule has 1 aliphatic heterocycles. The first-order chi connectivity index (χ1) is 12.0. The Balaban J connectivity index is 1.63. The second kappa shape index (κ2) is 7.67. The molecular weight excluding hydrogens is 340 g/mol. The minimum absolute atomic E-state index is 0.0682. The van der Waals surface area contributed by atoms with Crippen molar-refractivity contribution in [2.24, 2.45) is 0 Å². The maximum Gasteiger partial charge on any atom is 0.261 e. The molecule has 2 N–H and O–H groups in total. The monoisotopic (exact) mass is 360 g/mol. The predicted octanol–water partition coefficient (Wildman–Crippen LogP) is 2.40. The van der Waals surface area contributed by atoms with Crippen LogP contribution in [0.3, 0.4) is 0 Å². The summed E-state index contributed by atoms with van der Waals surface area (Å²) >= 11 is 0. The van der Waals surface area contributed by atoms with Crippen molar-refractivity contribution in [1.82, 2.24) is 5.32 Å². The van der Waals surface area contributed by atoms with Gasteiger partial charge in [-0.25, -0.2) is 8.42 Å². The number of sulfonamides is 1. The SMILES string of the molecule is O=C(NCC1CCCO1)c1ccc(S(=O)(=O)Nc2ccccc2)cc1. The summed E-state index contributed by atoms with van der Waals surface area (Å²) in [6.45, 7) is 1.20. The summed E-state index contributed by atoms with van der Waals surface area (Å²) in [5, 5.41) is 2.81. The molecule has 132 valence electrons. The van der Waals surface area contributed by atoms with E-state index in [4.69, 9.17) is 4.74 Å². The van der Waals surface area contributed by atoms with Crippen LogP contribution in [0.15, 0.2) is 59.5 Å². The van der Waals surface area contributed by atoms with Gasteiger partial charge in [-0.3, -0.25) is 9.52 Å². The second-order valence-electron chi connectivity index (χ2n) is 5.84. The first-order valence-electron chi connectivity index (χ1n) is 8.12. The summed E-state index contributed by atoms with van der Waals surface area (Å²) < 4.78 is 32.7. The van der Waals surface area contributed by atoms with E-state index in [-0.39, 0.29) is 16.9 Å². The average Bonchev–Trinajstić information content (AvgIpc) is 3.14. The van der Waals surface area contributed by atoms with E-state index in [0.29, 0.717) is 17.8 Å². The number of rotatable bonds is 6. The molecule has 1 heterocycles. The van der Waals surface area contributed by atoms with Crippen molar-refractivity contribution in [3.05, 3.63) is 60.2 Å². The third-order valence-corrected chi connectivity index (χ3v) is 5.36. The van der Waals surface area contributed by atoms with Gasteiger partial charge in [0.1, 0.15) is 0 Å². The lowest BCUT2D eigenvalue weighted by Crippen LogP contribution is -2.31. The molecule has 0 aromatic heterocycles. The molecule has 1 aliphatic rings. The van der Waals surface area contributed by atoms with Gasteiger partial charge in [-0.2, -0.15) is 0 Å².